The van der Waals surface area contributed by atoms with E-state index in [0.29, 0.717) is 12.3 Å². The number of benzene rings is 2. The fourth-order valence-electron chi connectivity index (χ4n) is 5.65. The maximum atomic E-state index is 13.3. The topological polar surface area (TPSA) is 36.4 Å². The van der Waals surface area contributed by atoms with Crippen molar-refractivity contribution < 1.29 is 9.18 Å². The lowest BCUT2D eigenvalue weighted by Crippen LogP contribution is -2.33. The predicted octanol–water partition coefficient (Wildman–Crippen LogP) is 7.31. The van der Waals surface area contributed by atoms with Gasteiger partial charge < -0.3 is 0 Å². The van der Waals surface area contributed by atoms with Crippen molar-refractivity contribution in [1.29, 1.82) is 0 Å². The van der Waals surface area contributed by atoms with E-state index in [9.17, 15) is 9.18 Å². The zero-order valence-corrected chi connectivity index (χ0v) is 24.7. The molecule has 39 heavy (non-hydrogen) atoms. The molecule has 3 aromatic rings. The molecule has 4 nitrogen and oxygen atoms in total. The number of carbonyl (C=O) groups is 1. The molecule has 5 rings (SSSR count). The summed E-state index contributed by atoms with van der Waals surface area (Å²) in [4.78, 5) is 22.2. The number of ketones is 1. The van der Waals surface area contributed by atoms with E-state index in [1.807, 2.05) is 36.7 Å². The van der Waals surface area contributed by atoms with Gasteiger partial charge in [-0.2, -0.15) is 0 Å². The Bertz CT molecular complexity index is 1160. The first kappa shape index (κ1) is 33.2. The van der Waals surface area contributed by atoms with Crippen LogP contribution in [0.15, 0.2) is 67.0 Å². The van der Waals surface area contributed by atoms with Gasteiger partial charge in [-0.25, -0.2) is 4.39 Å². The first-order valence-electron chi connectivity index (χ1n) is 13.4. The van der Waals surface area contributed by atoms with Gasteiger partial charge in [0.15, 0.2) is 5.78 Å². The van der Waals surface area contributed by atoms with Crippen LogP contribution < -0.4 is 0 Å². The molecule has 0 aliphatic carbocycles. The van der Waals surface area contributed by atoms with Crippen molar-refractivity contribution in [2.75, 3.05) is 19.6 Å². The highest BCUT2D eigenvalue weighted by Gasteiger charge is 2.21. The van der Waals surface area contributed by atoms with E-state index in [4.69, 9.17) is 0 Å². The van der Waals surface area contributed by atoms with Crippen molar-refractivity contribution >= 4 is 43.0 Å². The molecule has 2 aliphatic rings. The van der Waals surface area contributed by atoms with E-state index in [2.05, 4.69) is 33.0 Å². The lowest BCUT2D eigenvalue weighted by atomic mass is 9.89. The summed E-state index contributed by atoms with van der Waals surface area (Å²) < 4.78 is 13.3. The van der Waals surface area contributed by atoms with Crippen molar-refractivity contribution in [3.8, 4) is 0 Å². The van der Waals surface area contributed by atoms with Crippen molar-refractivity contribution in [2.45, 2.75) is 58.2 Å². The number of hydrogen-bond acceptors (Lipinski definition) is 4. The fourth-order valence-corrected chi connectivity index (χ4v) is 5.65. The summed E-state index contributed by atoms with van der Waals surface area (Å²) in [5, 5.41) is 0. The van der Waals surface area contributed by atoms with E-state index in [1.54, 1.807) is 0 Å². The number of hydrogen-bond donors (Lipinski definition) is 0. The third-order valence-corrected chi connectivity index (χ3v) is 7.78. The molecule has 0 amide bonds. The Morgan fingerprint density at radius 3 is 2.33 bits per heavy atom. The van der Waals surface area contributed by atoms with Gasteiger partial charge >= 0.3 is 0 Å². The molecule has 1 fully saturated rings. The first-order chi connectivity index (χ1) is 17.6. The minimum absolute atomic E-state index is 0. The highest BCUT2D eigenvalue weighted by molar-refractivity contribution is 5.96. The average molecular weight is 595 g/mol. The lowest BCUT2D eigenvalue weighted by molar-refractivity contribution is 0.0961. The fraction of sp³-hybridized carbons (Fsp3) is 0.419. The Hall–Kier alpha value is -2.02. The molecule has 0 unspecified atom stereocenters. The molecule has 2 aliphatic heterocycles. The quantitative estimate of drug-likeness (QED) is 0.256. The molecule has 0 bridgehead atoms. The highest BCUT2D eigenvalue weighted by atomic mass is 35.5. The van der Waals surface area contributed by atoms with Crippen LogP contribution >= 0.6 is 37.2 Å². The van der Waals surface area contributed by atoms with Gasteiger partial charge in [0.25, 0.3) is 0 Å². The van der Waals surface area contributed by atoms with Crippen LogP contribution in [-0.2, 0) is 26.1 Å². The summed E-state index contributed by atoms with van der Waals surface area (Å²) in [6.45, 7) is 5.80. The van der Waals surface area contributed by atoms with Crippen LogP contribution in [0.1, 0.15) is 64.7 Å². The molecule has 0 atom stereocenters. The van der Waals surface area contributed by atoms with Crippen LogP contribution in [-0.4, -0.2) is 40.2 Å². The van der Waals surface area contributed by atoms with Gasteiger partial charge in [0.1, 0.15) is 5.82 Å². The van der Waals surface area contributed by atoms with Gasteiger partial charge in [0, 0.05) is 44.0 Å². The molecule has 0 saturated carbocycles. The number of likely N-dealkylation sites (tertiary alicyclic amines) is 1. The van der Waals surface area contributed by atoms with Crippen LogP contribution in [0.4, 0.5) is 4.39 Å². The number of piperidine rings is 1. The van der Waals surface area contributed by atoms with Crippen LogP contribution in [0.25, 0.3) is 0 Å². The summed E-state index contributed by atoms with van der Waals surface area (Å²) in [7, 11) is 0. The Morgan fingerprint density at radius 1 is 0.872 bits per heavy atom. The van der Waals surface area contributed by atoms with Crippen molar-refractivity contribution in [1.82, 2.24) is 14.8 Å². The molecule has 0 N–H and O–H groups in total. The zero-order chi connectivity index (χ0) is 24.7. The minimum atomic E-state index is -0.196. The number of carbonyl (C=O) groups excluding carboxylic acids is 1. The normalized spacial score (nSPS) is 16.1. The average Bonchev–Trinajstić information content (AvgIpc) is 3.11. The second-order valence-electron chi connectivity index (χ2n) is 10.5. The molecular formula is C31H39Cl3FN3O. The van der Waals surface area contributed by atoms with E-state index >= 15 is 0 Å². The highest BCUT2D eigenvalue weighted by Crippen LogP contribution is 2.26. The second kappa shape index (κ2) is 16.3. The molecule has 2 aromatic carbocycles. The number of rotatable bonds is 8. The second-order valence-corrected chi connectivity index (χ2v) is 10.5. The van der Waals surface area contributed by atoms with Crippen LogP contribution in [0.3, 0.4) is 0 Å². The van der Waals surface area contributed by atoms with Crippen molar-refractivity contribution in [3.63, 3.8) is 0 Å². The largest absolute Gasteiger partial charge is 0.299 e. The number of Topliss-reactive ketones (excluding diaryl/α,β-unsaturated/α-hetero) is 1. The van der Waals surface area contributed by atoms with Gasteiger partial charge in [-0.1, -0.05) is 30.3 Å². The summed E-state index contributed by atoms with van der Waals surface area (Å²) in [5.74, 6) is 0.703. The summed E-state index contributed by atoms with van der Waals surface area (Å²) in [6.07, 6.45) is 9.85. The van der Waals surface area contributed by atoms with Crippen LogP contribution in [0.5, 0.6) is 0 Å². The number of fused-ring (bicyclic) bond motifs is 1. The number of halogens is 4. The van der Waals surface area contributed by atoms with Gasteiger partial charge in [0.2, 0.25) is 0 Å². The van der Waals surface area contributed by atoms with Gasteiger partial charge in [0.05, 0.1) is 0 Å². The first-order valence-corrected chi connectivity index (χ1v) is 13.4. The van der Waals surface area contributed by atoms with Crippen molar-refractivity contribution in [2.24, 2.45) is 5.92 Å². The maximum Gasteiger partial charge on any atom is 0.162 e. The molecule has 212 valence electrons. The minimum Gasteiger partial charge on any atom is -0.299 e. The van der Waals surface area contributed by atoms with Crippen molar-refractivity contribution in [3.05, 3.63) is 101 Å². The molecule has 3 heterocycles. The standard InChI is InChI=1S/C31H36FN3O.3ClH/c32-30-10-5-25(6-11-30)21-35-16-2-4-27-8-9-28(19-29(27)23-35)31(36)12-7-24-13-17-34(18-14-24)22-26-3-1-15-33-20-26;;;/h1,3,5-6,8-11,15,19-20,24H,2,4,7,12-14,16-18,21-23H2;3*1H. The molecule has 8 heteroatoms. The maximum absolute atomic E-state index is 13.3. The summed E-state index contributed by atoms with van der Waals surface area (Å²) in [5.41, 5.74) is 5.87. The molecule has 1 aromatic heterocycles. The van der Waals surface area contributed by atoms with E-state index in [0.717, 1.165) is 82.5 Å². The Kier molecular flexibility index (Phi) is 13.9. The monoisotopic (exact) mass is 593 g/mol. The molecule has 0 spiro atoms. The van der Waals surface area contributed by atoms with E-state index in [1.165, 1.54) is 28.8 Å². The lowest BCUT2D eigenvalue weighted by Gasteiger charge is -2.31. The summed E-state index contributed by atoms with van der Waals surface area (Å²) in [6, 6.07) is 17.3. The SMILES string of the molecule is Cl.Cl.Cl.O=C(CCC1CCN(Cc2cccnc2)CC1)c1ccc2c(c1)CN(Cc1ccc(F)cc1)CCC2. The molecule has 0 radical (unpaired) electrons. The third kappa shape index (κ3) is 9.54. The Labute approximate surface area is 250 Å². The number of nitrogens with zero attached hydrogens (tertiary/aromatic N) is 3. The van der Waals surface area contributed by atoms with Crippen LogP contribution in [0.2, 0.25) is 0 Å². The smallest absolute Gasteiger partial charge is 0.162 e. The van der Waals surface area contributed by atoms with E-state index in [-0.39, 0.29) is 48.8 Å². The Balaban J connectivity index is 0.00000178. The third-order valence-electron chi connectivity index (χ3n) is 7.78. The Morgan fingerprint density at radius 2 is 1.62 bits per heavy atom. The number of pyridine rings is 1. The number of aromatic nitrogens is 1. The van der Waals surface area contributed by atoms with Gasteiger partial charge in [-0.05, 0) is 104 Å². The zero-order valence-electron chi connectivity index (χ0n) is 22.3. The van der Waals surface area contributed by atoms with Gasteiger partial charge in [-0.3, -0.25) is 19.6 Å². The summed E-state index contributed by atoms with van der Waals surface area (Å²) >= 11 is 0. The molecular weight excluding hydrogens is 556 g/mol. The van der Waals surface area contributed by atoms with Crippen LogP contribution in [0, 0.1) is 11.7 Å². The number of aryl methyl sites for hydroxylation is 1. The predicted molar refractivity (Wildman–Crippen MR) is 163 cm³/mol. The van der Waals surface area contributed by atoms with E-state index < -0.39 is 0 Å². The molecule has 1 saturated heterocycles. The van der Waals surface area contributed by atoms with Gasteiger partial charge in [-0.15, -0.1) is 37.2 Å².